The van der Waals surface area contributed by atoms with E-state index in [2.05, 4.69) is 23.4 Å². The van der Waals surface area contributed by atoms with E-state index < -0.39 is 0 Å². The van der Waals surface area contributed by atoms with E-state index in [4.69, 9.17) is 0 Å². The molecule has 0 aliphatic rings. The van der Waals surface area contributed by atoms with Crippen LogP contribution in [-0.4, -0.2) is 22.8 Å². The maximum absolute atomic E-state index is 12.5. The van der Waals surface area contributed by atoms with Gasteiger partial charge in [0.15, 0.2) is 0 Å². The monoisotopic (exact) mass is 316 g/mol. The van der Waals surface area contributed by atoms with Crippen molar-refractivity contribution < 1.29 is 4.79 Å². The van der Waals surface area contributed by atoms with Crippen molar-refractivity contribution in [1.29, 1.82) is 0 Å². The van der Waals surface area contributed by atoms with E-state index in [1.54, 1.807) is 27.6 Å². The molecule has 0 aliphatic carbocycles. The first-order valence-corrected chi connectivity index (χ1v) is 8.40. The third kappa shape index (κ3) is 2.84. The highest BCUT2D eigenvalue weighted by molar-refractivity contribution is 7.18. The fourth-order valence-corrected chi connectivity index (χ4v) is 4.02. The molecule has 0 saturated carbocycles. The number of fused-ring (bicyclic) bond motifs is 1. The van der Waals surface area contributed by atoms with E-state index in [1.807, 2.05) is 32.2 Å². The number of carbonyl (C=O) groups is 1. The number of amides is 1. The van der Waals surface area contributed by atoms with Crippen LogP contribution in [0.4, 0.5) is 0 Å². The van der Waals surface area contributed by atoms with Crippen LogP contribution in [0.3, 0.4) is 0 Å². The van der Waals surface area contributed by atoms with Crippen molar-refractivity contribution in [3.05, 3.63) is 50.7 Å². The third-order valence-electron chi connectivity index (χ3n) is 3.44. The predicted molar refractivity (Wildman–Crippen MR) is 89.2 cm³/mol. The van der Waals surface area contributed by atoms with Gasteiger partial charge in [0, 0.05) is 17.5 Å². The molecular weight excluding hydrogens is 300 g/mol. The fourth-order valence-electron chi connectivity index (χ4n) is 2.25. The molecule has 2 heterocycles. The van der Waals surface area contributed by atoms with Crippen LogP contribution in [0.1, 0.15) is 25.8 Å². The molecule has 3 aromatic rings. The lowest BCUT2D eigenvalue weighted by Crippen LogP contribution is -2.26. The number of rotatable bonds is 3. The fraction of sp³-hybridized carbons (Fsp3) is 0.250. The van der Waals surface area contributed by atoms with E-state index in [0.29, 0.717) is 12.1 Å². The molecule has 0 spiro atoms. The molecule has 1 amide bonds. The standard InChI is InChI=1S/C16H16N2OS2/c1-10-6-7-20-15(10)9-18(3)16(19)12-4-5-14-13(8-12)17-11(2)21-14/h4-8H,9H2,1-3H3. The highest BCUT2D eigenvalue weighted by Gasteiger charge is 2.14. The Bertz CT molecular complexity index is 804. The van der Waals surface area contributed by atoms with Crippen molar-refractivity contribution in [3.8, 4) is 0 Å². The highest BCUT2D eigenvalue weighted by atomic mass is 32.1. The number of hydrogen-bond acceptors (Lipinski definition) is 4. The van der Waals surface area contributed by atoms with Gasteiger partial charge in [0.05, 0.1) is 21.8 Å². The van der Waals surface area contributed by atoms with Gasteiger partial charge in [-0.25, -0.2) is 4.98 Å². The molecule has 21 heavy (non-hydrogen) atoms. The van der Waals surface area contributed by atoms with Crippen LogP contribution in [0.2, 0.25) is 0 Å². The predicted octanol–water partition coefficient (Wildman–Crippen LogP) is 4.25. The first kappa shape index (κ1) is 14.2. The number of nitrogens with zero attached hydrogens (tertiary/aromatic N) is 2. The van der Waals surface area contributed by atoms with Crippen LogP contribution < -0.4 is 0 Å². The zero-order chi connectivity index (χ0) is 15.0. The van der Waals surface area contributed by atoms with Crippen LogP contribution in [-0.2, 0) is 6.54 Å². The van der Waals surface area contributed by atoms with Gasteiger partial charge in [-0.3, -0.25) is 4.79 Å². The van der Waals surface area contributed by atoms with Gasteiger partial charge in [-0.15, -0.1) is 22.7 Å². The maximum Gasteiger partial charge on any atom is 0.254 e. The van der Waals surface area contributed by atoms with Crippen LogP contribution in [0.25, 0.3) is 10.2 Å². The summed E-state index contributed by atoms with van der Waals surface area (Å²) in [5.74, 6) is 0.0374. The molecule has 5 heteroatoms. The molecule has 0 saturated heterocycles. The Morgan fingerprint density at radius 2 is 2.10 bits per heavy atom. The topological polar surface area (TPSA) is 33.2 Å². The molecule has 3 rings (SSSR count). The summed E-state index contributed by atoms with van der Waals surface area (Å²) in [7, 11) is 1.85. The average molecular weight is 316 g/mol. The molecule has 0 unspecified atom stereocenters. The molecule has 1 aromatic carbocycles. The minimum Gasteiger partial charge on any atom is -0.337 e. The molecule has 0 aliphatic heterocycles. The Kier molecular flexibility index (Phi) is 3.78. The van der Waals surface area contributed by atoms with Crippen LogP contribution in [0, 0.1) is 13.8 Å². The normalized spacial score (nSPS) is 11.0. The second-order valence-electron chi connectivity index (χ2n) is 5.10. The Hall–Kier alpha value is -1.72. The molecule has 108 valence electrons. The van der Waals surface area contributed by atoms with Crippen molar-refractivity contribution in [2.24, 2.45) is 0 Å². The van der Waals surface area contributed by atoms with Crippen molar-refractivity contribution in [3.63, 3.8) is 0 Å². The van der Waals surface area contributed by atoms with Crippen molar-refractivity contribution in [2.75, 3.05) is 7.05 Å². The number of aromatic nitrogens is 1. The highest BCUT2D eigenvalue weighted by Crippen LogP contribution is 2.23. The summed E-state index contributed by atoms with van der Waals surface area (Å²) in [6.45, 7) is 4.71. The van der Waals surface area contributed by atoms with Gasteiger partial charge in [0.1, 0.15) is 0 Å². The Morgan fingerprint density at radius 1 is 1.29 bits per heavy atom. The first-order valence-electron chi connectivity index (χ1n) is 6.70. The number of thiophene rings is 1. The van der Waals surface area contributed by atoms with E-state index in [9.17, 15) is 4.79 Å². The molecule has 0 fully saturated rings. The van der Waals surface area contributed by atoms with Gasteiger partial charge in [-0.1, -0.05) is 0 Å². The molecule has 0 radical (unpaired) electrons. The van der Waals surface area contributed by atoms with Gasteiger partial charge < -0.3 is 4.90 Å². The van der Waals surface area contributed by atoms with E-state index in [-0.39, 0.29) is 5.91 Å². The van der Waals surface area contributed by atoms with Gasteiger partial charge >= 0.3 is 0 Å². The second-order valence-corrected chi connectivity index (χ2v) is 7.34. The van der Waals surface area contributed by atoms with Gasteiger partial charge in [-0.2, -0.15) is 0 Å². The second kappa shape index (κ2) is 5.58. The van der Waals surface area contributed by atoms with E-state index >= 15 is 0 Å². The molecule has 3 nitrogen and oxygen atoms in total. The SMILES string of the molecule is Cc1nc2cc(C(=O)N(C)Cc3sccc3C)ccc2s1. The number of aryl methyl sites for hydroxylation is 2. The lowest BCUT2D eigenvalue weighted by Gasteiger charge is -2.17. The molecular formula is C16H16N2OS2. The number of hydrogen-bond donors (Lipinski definition) is 0. The van der Waals surface area contributed by atoms with Crippen molar-refractivity contribution >= 4 is 38.8 Å². The minimum absolute atomic E-state index is 0.0374. The maximum atomic E-state index is 12.5. The average Bonchev–Trinajstić information content (AvgIpc) is 3.02. The Labute approximate surface area is 131 Å². The lowest BCUT2D eigenvalue weighted by atomic mass is 10.2. The number of carbonyl (C=O) groups excluding carboxylic acids is 1. The first-order chi connectivity index (χ1) is 10.0. The summed E-state index contributed by atoms with van der Waals surface area (Å²) in [5.41, 5.74) is 2.85. The summed E-state index contributed by atoms with van der Waals surface area (Å²) in [5, 5.41) is 3.09. The van der Waals surface area contributed by atoms with Crippen LogP contribution in [0.15, 0.2) is 29.6 Å². The summed E-state index contributed by atoms with van der Waals surface area (Å²) in [6.07, 6.45) is 0. The zero-order valence-electron chi connectivity index (χ0n) is 12.2. The number of thiazole rings is 1. The third-order valence-corrected chi connectivity index (χ3v) is 5.40. The van der Waals surface area contributed by atoms with Gasteiger partial charge in [0.2, 0.25) is 0 Å². The summed E-state index contributed by atoms with van der Waals surface area (Å²) >= 11 is 3.34. The minimum atomic E-state index is 0.0374. The number of benzene rings is 1. The smallest absolute Gasteiger partial charge is 0.254 e. The Balaban J connectivity index is 1.83. The van der Waals surface area contributed by atoms with Crippen molar-refractivity contribution in [1.82, 2.24) is 9.88 Å². The quantitative estimate of drug-likeness (QED) is 0.724. The van der Waals surface area contributed by atoms with Gasteiger partial charge in [0.25, 0.3) is 5.91 Å². The molecule has 0 atom stereocenters. The summed E-state index contributed by atoms with van der Waals surface area (Å²) in [6, 6.07) is 7.85. The Morgan fingerprint density at radius 3 is 2.81 bits per heavy atom. The van der Waals surface area contributed by atoms with Crippen LogP contribution in [0.5, 0.6) is 0 Å². The molecule has 0 bridgehead atoms. The zero-order valence-corrected chi connectivity index (χ0v) is 13.8. The lowest BCUT2D eigenvalue weighted by molar-refractivity contribution is 0.0786. The molecule has 2 aromatic heterocycles. The van der Waals surface area contributed by atoms with E-state index in [1.165, 1.54) is 10.4 Å². The van der Waals surface area contributed by atoms with E-state index in [0.717, 1.165) is 15.2 Å². The largest absolute Gasteiger partial charge is 0.337 e. The summed E-state index contributed by atoms with van der Waals surface area (Å²) in [4.78, 5) is 20.0. The van der Waals surface area contributed by atoms with Gasteiger partial charge in [-0.05, 0) is 49.1 Å². The van der Waals surface area contributed by atoms with Crippen LogP contribution >= 0.6 is 22.7 Å². The molecule has 0 N–H and O–H groups in total. The summed E-state index contributed by atoms with van der Waals surface area (Å²) < 4.78 is 1.13. The van der Waals surface area contributed by atoms with Crippen molar-refractivity contribution in [2.45, 2.75) is 20.4 Å².